The SMILES string of the molecule is COc1ccc(C(=O)Nc2nc3c(s2)C[C@@]2(C)CC[C@@H]([C@H](C)C(=O)N4CCCC4)[C@H](O)[C@H]2[C@H]3C)cc1. The predicted molar refractivity (Wildman–Crippen MR) is 140 cm³/mol. The predicted octanol–water partition coefficient (Wildman–Crippen LogP) is 4.72. The van der Waals surface area contributed by atoms with E-state index < -0.39 is 6.10 Å². The van der Waals surface area contributed by atoms with Crippen LogP contribution in [0.2, 0.25) is 0 Å². The summed E-state index contributed by atoms with van der Waals surface area (Å²) in [7, 11) is 1.60. The van der Waals surface area contributed by atoms with E-state index in [1.807, 2.05) is 11.8 Å². The van der Waals surface area contributed by atoms with E-state index in [-0.39, 0.29) is 40.9 Å². The number of ether oxygens (including phenoxy) is 1. The summed E-state index contributed by atoms with van der Waals surface area (Å²) in [5.74, 6) is 0.572. The molecule has 1 saturated carbocycles. The highest BCUT2D eigenvalue weighted by Gasteiger charge is 2.54. The number of methoxy groups -OCH3 is 1. The molecule has 0 spiro atoms. The van der Waals surface area contributed by atoms with E-state index in [2.05, 4.69) is 19.2 Å². The Morgan fingerprint density at radius 1 is 1.25 bits per heavy atom. The molecule has 36 heavy (non-hydrogen) atoms. The highest BCUT2D eigenvalue weighted by atomic mass is 32.1. The summed E-state index contributed by atoms with van der Waals surface area (Å²) < 4.78 is 5.18. The van der Waals surface area contributed by atoms with Gasteiger partial charge in [0, 0.05) is 35.4 Å². The van der Waals surface area contributed by atoms with Crippen molar-refractivity contribution < 1.29 is 19.4 Å². The van der Waals surface area contributed by atoms with Gasteiger partial charge >= 0.3 is 0 Å². The summed E-state index contributed by atoms with van der Waals surface area (Å²) in [6.45, 7) is 8.12. The summed E-state index contributed by atoms with van der Waals surface area (Å²) in [4.78, 5) is 33.9. The van der Waals surface area contributed by atoms with E-state index in [0.717, 1.165) is 50.9 Å². The van der Waals surface area contributed by atoms with Gasteiger partial charge in [0.2, 0.25) is 5.91 Å². The topological polar surface area (TPSA) is 91.8 Å². The van der Waals surface area contributed by atoms with E-state index in [1.54, 1.807) is 42.7 Å². The molecule has 2 heterocycles. The number of anilines is 1. The second-order valence-electron chi connectivity index (χ2n) is 11.2. The maximum atomic E-state index is 13.1. The molecule has 0 unspecified atom stereocenters. The lowest BCUT2D eigenvalue weighted by molar-refractivity contribution is -0.143. The Kier molecular flexibility index (Phi) is 6.85. The minimum atomic E-state index is -0.549. The van der Waals surface area contributed by atoms with Gasteiger partial charge in [-0.05, 0) is 73.6 Å². The van der Waals surface area contributed by atoms with Gasteiger partial charge in [0.05, 0.1) is 18.9 Å². The fourth-order valence-corrected chi connectivity index (χ4v) is 8.18. The third-order valence-electron chi connectivity index (χ3n) is 8.94. The minimum Gasteiger partial charge on any atom is -0.497 e. The lowest BCUT2D eigenvalue weighted by atomic mass is 9.53. The van der Waals surface area contributed by atoms with Gasteiger partial charge in [-0.1, -0.05) is 20.8 Å². The van der Waals surface area contributed by atoms with Crippen LogP contribution in [0.5, 0.6) is 5.75 Å². The van der Waals surface area contributed by atoms with Crippen molar-refractivity contribution in [2.45, 2.75) is 64.9 Å². The van der Waals surface area contributed by atoms with E-state index in [4.69, 9.17) is 9.72 Å². The number of carbonyl (C=O) groups is 2. The first kappa shape index (κ1) is 25.2. The fourth-order valence-electron chi connectivity index (χ4n) is 6.92. The van der Waals surface area contributed by atoms with E-state index in [9.17, 15) is 14.7 Å². The normalized spacial score (nSPS) is 30.3. The molecule has 3 aliphatic rings. The molecule has 7 nitrogen and oxygen atoms in total. The average Bonchev–Trinajstić information content (AvgIpc) is 3.53. The molecule has 2 amide bonds. The molecular weight excluding hydrogens is 474 g/mol. The largest absolute Gasteiger partial charge is 0.497 e. The van der Waals surface area contributed by atoms with E-state index >= 15 is 0 Å². The molecule has 2 N–H and O–H groups in total. The second kappa shape index (κ2) is 9.78. The van der Waals surface area contributed by atoms with Crippen molar-refractivity contribution >= 4 is 28.3 Å². The molecule has 6 atom stereocenters. The molecule has 5 rings (SSSR count). The van der Waals surface area contributed by atoms with Crippen LogP contribution in [0, 0.1) is 23.2 Å². The zero-order chi connectivity index (χ0) is 25.6. The summed E-state index contributed by atoms with van der Waals surface area (Å²) in [6.07, 6.45) is 4.28. The number of carbonyl (C=O) groups excluding carboxylic acids is 2. The molecular formula is C28H37N3O4S. The lowest BCUT2D eigenvalue weighted by Gasteiger charge is -2.53. The van der Waals surface area contributed by atoms with Crippen LogP contribution in [0.15, 0.2) is 24.3 Å². The van der Waals surface area contributed by atoms with Crippen molar-refractivity contribution in [2.24, 2.45) is 23.2 Å². The number of hydrogen-bond acceptors (Lipinski definition) is 6. The van der Waals surface area contributed by atoms with Crippen LogP contribution in [0.4, 0.5) is 5.13 Å². The number of aliphatic hydroxyl groups is 1. The molecule has 2 aliphatic carbocycles. The summed E-state index contributed by atoms with van der Waals surface area (Å²) in [5.41, 5.74) is 1.47. The smallest absolute Gasteiger partial charge is 0.257 e. The van der Waals surface area contributed by atoms with Gasteiger partial charge in [-0.25, -0.2) is 4.98 Å². The zero-order valence-corrected chi connectivity index (χ0v) is 22.4. The van der Waals surface area contributed by atoms with Crippen LogP contribution in [0.3, 0.4) is 0 Å². The van der Waals surface area contributed by atoms with Crippen molar-refractivity contribution in [2.75, 3.05) is 25.5 Å². The Labute approximate surface area is 217 Å². The van der Waals surface area contributed by atoms with E-state index in [0.29, 0.717) is 16.4 Å². The van der Waals surface area contributed by atoms with Gasteiger partial charge in [-0.2, -0.15) is 0 Å². The van der Waals surface area contributed by atoms with Crippen LogP contribution in [0.25, 0.3) is 0 Å². The van der Waals surface area contributed by atoms with Crippen LogP contribution in [-0.4, -0.2) is 53.1 Å². The summed E-state index contributed by atoms with van der Waals surface area (Å²) in [6, 6.07) is 7.01. The van der Waals surface area contributed by atoms with Gasteiger partial charge in [0.25, 0.3) is 5.91 Å². The third kappa shape index (κ3) is 4.43. The van der Waals surface area contributed by atoms with Crippen LogP contribution < -0.4 is 10.1 Å². The highest BCUT2D eigenvalue weighted by molar-refractivity contribution is 7.15. The number of likely N-dealkylation sites (tertiary alicyclic amines) is 1. The van der Waals surface area contributed by atoms with Gasteiger partial charge in [0.15, 0.2) is 5.13 Å². The number of benzene rings is 1. The van der Waals surface area contributed by atoms with Gasteiger partial charge < -0.3 is 14.7 Å². The fraction of sp³-hybridized carbons (Fsp3) is 0.607. The number of hydrogen-bond donors (Lipinski definition) is 2. The number of aliphatic hydroxyl groups excluding tert-OH is 1. The Balaban J connectivity index is 1.33. The maximum absolute atomic E-state index is 13.1. The van der Waals surface area contributed by atoms with Crippen LogP contribution in [-0.2, 0) is 11.2 Å². The molecule has 2 fully saturated rings. The second-order valence-corrected chi connectivity index (χ2v) is 12.3. The number of rotatable bonds is 5. The lowest BCUT2D eigenvalue weighted by Crippen LogP contribution is -2.53. The number of nitrogens with one attached hydrogen (secondary N) is 1. The third-order valence-corrected chi connectivity index (χ3v) is 9.93. The molecule has 194 valence electrons. The first-order valence-electron chi connectivity index (χ1n) is 13.1. The van der Waals surface area contributed by atoms with Gasteiger partial charge in [-0.15, -0.1) is 11.3 Å². The van der Waals surface area contributed by atoms with Crippen molar-refractivity contribution in [3.63, 3.8) is 0 Å². The minimum absolute atomic E-state index is 0.0322. The number of thiazole rings is 1. The molecule has 1 aliphatic heterocycles. The number of aromatic nitrogens is 1. The quantitative estimate of drug-likeness (QED) is 0.606. The number of nitrogens with zero attached hydrogens (tertiary/aromatic N) is 2. The molecule has 8 heteroatoms. The van der Waals surface area contributed by atoms with Crippen LogP contribution >= 0.6 is 11.3 Å². The Morgan fingerprint density at radius 2 is 1.94 bits per heavy atom. The molecule has 1 saturated heterocycles. The van der Waals surface area contributed by atoms with Crippen molar-refractivity contribution in [1.82, 2.24) is 9.88 Å². The molecule has 1 aromatic carbocycles. The molecule has 0 radical (unpaired) electrons. The van der Waals surface area contributed by atoms with Crippen molar-refractivity contribution in [3.8, 4) is 5.75 Å². The number of fused-ring (bicyclic) bond motifs is 2. The van der Waals surface area contributed by atoms with Gasteiger partial charge in [0.1, 0.15) is 5.75 Å². The number of amides is 2. The summed E-state index contributed by atoms with van der Waals surface area (Å²) in [5, 5.41) is 15.2. The Hall–Kier alpha value is -2.45. The average molecular weight is 512 g/mol. The standard InChI is InChI=1S/C28H37N3O4S/c1-16(26(34)31-13-5-6-14-31)20-11-12-28(3)15-21-23(17(2)22(28)24(20)32)29-27(36-21)30-25(33)18-7-9-19(35-4)10-8-18/h7-10,16-17,20,22,24,32H,5-6,11-15H2,1-4H3,(H,29,30,33)/t16-,17+,20-,22+,24-,28+/m0/s1. The van der Waals surface area contributed by atoms with Crippen molar-refractivity contribution in [1.29, 1.82) is 0 Å². The Bertz CT molecular complexity index is 1130. The zero-order valence-electron chi connectivity index (χ0n) is 21.6. The Morgan fingerprint density at radius 3 is 2.61 bits per heavy atom. The highest BCUT2D eigenvalue weighted by Crippen LogP contribution is 2.57. The van der Waals surface area contributed by atoms with Crippen LogP contribution in [0.1, 0.15) is 73.3 Å². The van der Waals surface area contributed by atoms with Crippen molar-refractivity contribution in [3.05, 3.63) is 40.4 Å². The first-order chi connectivity index (χ1) is 17.2. The molecule has 0 bridgehead atoms. The van der Waals surface area contributed by atoms with Gasteiger partial charge in [-0.3, -0.25) is 14.9 Å². The molecule has 2 aromatic rings. The monoisotopic (exact) mass is 511 g/mol. The summed E-state index contributed by atoms with van der Waals surface area (Å²) >= 11 is 1.54. The van der Waals surface area contributed by atoms with E-state index in [1.165, 1.54) is 4.88 Å². The first-order valence-corrected chi connectivity index (χ1v) is 14.0. The molecule has 1 aromatic heterocycles. The maximum Gasteiger partial charge on any atom is 0.257 e.